The monoisotopic (exact) mass is 495 g/mol. The van der Waals surface area contributed by atoms with Gasteiger partial charge in [0, 0.05) is 17.9 Å². The Labute approximate surface area is 200 Å². The summed E-state index contributed by atoms with van der Waals surface area (Å²) in [6, 6.07) is 15.9. The molecular weight excluding hydrogens is 466 g/mol. The van der Waals surface area contributed by atoms with Gasteiger partial charge < -0.3 is 21.9 Å². The molecule has 0 fully saturated rings. The van der Waals surface area contributed by atoms with Crippen LogP contribution in [0.2, 0.25) is 0 Å². The standard InChI is InChI=1S/C24H30N7.BrH/c1-5-31(17-16-30-15-14-29(4)19-30)24-12-10-23(11-13-24)28-27-22-8-6-21(7-9-22)18-25-26-20(2)3;/h6-15,18-19H,5,16-17H2,1-4H3;1H/q+1;/p-1/b25-18+,28-27+;. The second kappa shape index (κ2) is 12.7. The number of hydrogen-bond acceptors (Lipinski definition) is 5. The number of imidazole rings is 1. The minimum absolute atomic E-state index is 0. The summed E-state index contributed by atoms with van der Waals surface area (Å²) in [5.41, 5.74) is 4.71. The van der Waals surface area contributed by atoms with E-state index in [1.807, 2.05) is 57.3 Å². The maximum absolute atomic E-state index is 4.36. The van der Waals surface area contributed by atoms with Crippen molar-refractivity contribution < 1.29 is 21.5 Å². The van der Waals surface area contributed by atoms with Crippen LogP contribution >= 0.6 is 0 Å². The van der Waals surface area contributed by atoms with Crippen molar-refractivity contribution >= 4 is 29.0 Å². The molecule has 8 heteroatoms. The summed E-state index contributed by atoms with van der Waals surface area (Å²) < 4.78 is 4.25. The molecular formula is C24H30BrN7. The van der Waals surface area contributed by atoms with Crippen LogP contribution in [0.25, 0.3) is 0 Å². The van der Waals surface area contributed by atoms with Crippen molar-refractivity contribution in [1.82, 2.24) is 4.57 Å². The molecule has 0 spiro atoms. The predicted molar refractivity (Wildman–Crippen MR) is 127 cm³/mol. The normalized spacial score (nSPS) is 11.0. The van der Waals surface area contributed by atoms with Gasteiger partial charge >= 0.3 is 0 Å². The zero-order valence-corrected chi connectivity index (χ0v) is 20.6. The van der Waals surface area contributed by atoms with Crippen molar-refractivity contribution in [2.24, 2.45) is 27.5 Å². The first kappa shape index (κ1) is 25.1. The van der Waals surface area contributed by atoms with E-state index in [0.29, 0.717) is 0 Å². The van der Waals surface area contributed by atoms with Crippen molar-refractivity contribution in [2.45, 2.75) is 27.3 Å². The number of halogens is 1. The van der Waals surface area contributed by atoms with Gasteiger partial charge in [0.25, 0.3) is 0 Å². The molecule has 0 bridgehead atoms. The van der Waals surface area contributed by atoms with E-state index in [1.165, 1.54) is 5.69 Å². The van der Waals surface area contributed by atoms with E-state index in [-0.39, 0.29) is 17.0 Å². The maximum atomic E-state index is 4.36. The lowest BCUT2D eigenvalue weighted by molar-refractivity contribution is -0.693. The van der Waals surface area contributed by atoms with Crippen LogP contribution in [0.1, 0.15) is 26.3 Å². The first-order chi connectivity index (χ1) is 15.0. The van der Waals surface area contributed by atoms with Gasteiger partial charge in [-0.15, -0.1) is 0 Å². The van der Waals surface area contributed by atoms with E-state index >= 15 is 0 Å². The van der Waals surface area contributed by atoms with Gasteiger partial charge in [-0.25, -0.2) is 9.13 Å². The summed E-state index contributed by atoms with van der Waals surface area (Å²) in [4.78, 5) is 2.35. The summed E-state index contributed by atoms with van der Waals surface area (Å²) in [7, 11) is 2.04. The molecule has 0 unspecified atom stereocenters. The van der Waals surface area contributed by atoms with Crippen LogP contribution in [0.15, 0.2) is 87.7 Å². The molecule has 3 rings (SSSR count). The average Bonchev–Trinajstić information content (AvgIpc) is 3.19. The van der Waals surface area contributed by atoms with E-state index in [9.17, 15) is 0 Å². The fourth-order valence-corrected chi connectivity index (χ4v) is 3.02. The highest BCUT2D eigenvalue weighted by Gasteiger charge is 2.07. The predicted octanol–water partition coefficient (Wildman–Crippen LogP) is 2.07. The second-order valence-corrected chi connectivity index (χ2v) is 7.50. The maximum Gasteiger partial charge on any atom is 0.243 e. The fourth-order valence-electron chi connectivity index (χ4n) is 3.02. The smallest absolute Gasteiger partial charge is 0.243 e. The first-order valence-electron chi connectivity index (χ1n) is 10.5. The summed E-state index contributed by atoms with van der Waals surface area (Å²) in [6.45, 7) is 8.85. The Hall–Kier alpha value is -3.13. The molecule has 1 heterocycles. The lowest BCUT2D eigenvalue weighted by Gasteiger charge is -2.22. The van der Waals surface area contributed by atoms with Crippen molar-refractivity contribution in [2.75, 3.05) is 18.0 Å². The van der Waals surface area contributed by atoms with Gasteiger partial charge in [-0.1, -0.05) is 12.1 Å². The van der Waals surface area contributed by atoms with Crippen molar-refractivity contribution in [3.8, 4) is 0 Å². The van der Waals surface area contributed by atoms with Crippen LogP contribution in [0, 0.1) is 0 Å². The van der Waals surface area contributed by atoms with E-state index in [0.717, 1.165) is 42.3 Å². The number of anilines is 1. The third kappa shape index (κ3) is 7.85. The van der Waals surface area contributed by atoms with Crippen LogP contribution in [0.3, 0.4) is 0 Å². The molecule has 1 aromatic heterocycles. The van der Waals surface area contributed by atoms with Gasteiger partial charge in [-0.2, -0.15) is 20.4 Å². The van der Waals surface area contributed by atoms with Crippen LogP contribution in [-0.4, -0.2) is 29.6 Å². The summed E-state index contributed by atoms with van der Waals surface area (Å²) in [5, 5.41) is 16.7. The molecule has 0 atom stereocenters. The highest BCUT2D eigenvalue weighted by molar-refractivity contribution is 5.83. The topological polar surface area (TPSA) is 61.5 Å². The molecule has 0 amide bonds. The van der Waals surface area contributed by atoms with Gasteiger partial charge in [-0.3, -0.25) is 0 Å². The van der Waals surface area contributed by atoms with E-state index in [1.54, 1.807) is 6.21 Å². The third-order valence-electron chi connectivity index (χ3n) is 4.69. The number of azo groups is 1. The average molecular weight is 496 g/mol. The number of aromatic nitrogens is 2. The molecule has 0 aliphatic heterocycles. The minimum Gasteiger partial charge on any atom is -1.00 e. The Morgan fingerprint density at radius 3 is 2.16 bits per heavy atom. The zero-order chi connectivity index (χ0) is 22.1. The second-order valence-electron chi connectivity index (χ2n) is 7.50. The molecule has 2 aromatic carbocycles. The van der Waals surface area contributed by atoms with Crippen LogP contribution < -0.4 is 26.4 Å². The Morgan fingerprint density at radius 1 is 1.00 bits per heavy atom. The van der Waals surface area contributed by atoms with Crippen molar-refractivity contribution in [3.63, 3.8) is 0 Å². The van der Waals surface area contributed by atoms with Gasteiger partial charge in [0.1, 0.15) is 18.9 Å². The molecule has 0 aliphatic carbocycles. The highest BCUT2D eigenvalue weighted by Crippen LogP contribution is 2.22. The minimum atomic E-state index is 0. The summed E-state index contributed by atoms with van der Waals surface area (Å²) in [6.07, 6.45) is 7.97. The van der Waals surface area contributed by atoms with Gasteiger partial charge in [0.15, 0.2) is 0 Å². The molecule has 7 nitrogen and oxygen atoms in total. The Balaban J connectivity index is 0.00000363. The molecule has 32 heavy (non-hydrogen) atoms. The third-order valence-corrected chi connectivity index (χ3v) is 4.69. The molecule has 3 aromatic rings. The van der Waals surface area contributed by atoms with Gasteiger partial charge in [0.2, 0.25) is 6.33 Å². The Morgan fingerprint density at radius 2 is 1.62 bits per heavy atom. The molecule has 0 saturated carbocycles. The fraction of sp³-hybridized carbons (Fsp3) is 0.292. The first-order valence-corrected chi connectivity index (χ1v) is 10.5. The largest absolute Gasteiger partial charge is 1.00 e. The Bertz CT molecular complexity index is 1050. The Kier molecular flexibility index (Phi) is 9.94. The van der Waals surface area contributed by atoms with Crippen molar-refractivity contribution in [3.05, 3.63) is 72.8 Å². The number of rotatable bonds is 9. The highest BCUT2D eigenvalue weighted by atomic mass is 79.9. The van der Waals surface area contributed by atoms with Crippen LogP contribution in [-0.2, 0) is 13.6 Å². The van der Waals surface area contributed by atoms with E-state index in [2.05, 4.69) is 72.2 Å². The molecule has 168 valence electrons. The van der Waals surface area contributed by atoms with Gasteiger partial charge in [0.05, 0.1) is 31.2 Å². The molecule has 0 N–H and O–H groups in total. The molecule has 0 aliphatic rings. The van der Waals surface area contributed by atoms with Crippen LogP contribution in [0.4, 0.5) is 17.1 Å². The number of nitrogens with zero attached hydrogens (tertiary/aromatic N) is 7. The number of aryl methyl sites for hydroxylation is 1. The summed E-state index contributed by atoms with van der Waals surface area (Å²) in [5.74, 6) is 0. The zero-order valence-electron chi connectivity index (χ0n) is 19.1. The van der Waals surface area contributed by atoms with E-state index < -0.39 is 0 Å². The molecule has 0 saturated heterocycles. The number of hydrogen-bond donors (Lipinski definition) is 0. The molecule has 0 radical (unpaired) electrons. The SMILES string of the molecule is CCN(CC[n+]1ccn(C)c1)c1ccc(/N=N/c2ccc(/C=N/N=C(C)C)cc2)cc1.[Br-]. The lowest BCUT2D eigenvalue weighted by atomic mass is 10.2. The quantitative estimate of drug-likeness (QED) is 0.194. The van der Waals surface area contributed by atoms with Crippen molar-refractivity contribution in [1.29, 1.82) is 0 Å². The number of likely N-dealkylation sites (N-methyl/N-ethyl adjacent to an activating group) is 1. The number of benzene rings is 2. The van der Waals surface area contributed by atoms with Crippen LogP contribution in [0.5, 0.6) is 0 Å². The van der Waals surface area contributed by atoms with Gasteiger partial charge in [-0.05, 0) is 62.7 Å². The lowest BCUT2D eigenvalue weighted by Crippen LogP contribution is -3.00. The van der Waals surface area contributed by atoms with E-state index in [4.69, 9.17) is 0 Å². The summed E-state index contributed by atoms with van der Waals surface area (Å²) >= 11 is 0.